The fourth-order valence-corrected chi connectivity index (χ4v) is 5.73. The number of carbonyl (C=O) groups excluding carboxylic acids is 3. The van der Waals surface area contributed by atoms with Crippen LogP contribution < -0.4 is 16.0 Å². The zero-order valence-electron chi connectivity index (χ0n) is 28.2. The molecule has 0 bridgehead atoms. The second-order valence-electron chi connectivity index (χ2n) is 12.9. The van der Waals surface area contributed by atoms with Gasteiger partial charge in [0, 0.05) is 61.2 Å². The molecule has 0 unspecified atom stereocenters. The number of nitrogens with one attached hydrogen (secondary N) is 5. The molecule has 4 aromatic rings. The molecular formula is C35H46N6O7. The molecule has 0 aliphatic carbocycles. The van der Waals surface area contributed by atoms with E-state index in [1.165, 1.54) is 21.1 Å². The highest BCUT2D eigenvalue weighted by molar-refractivity contribution is 5.95. The number of aromatic nitrogens is 2. The summed E-state index contributed by atoms with van der Waals surface area (Å²) < 4.78 is 5.55. The Morgan fingerprint density at radius 2 is 1.38 bits per heavy atom. The fourth-order valence-electron chi connectivity index (χ4n) is 5.73. The third-order valence-electron chi connectivity index (χ3n) is 8.15. The molecule has 0 saturated carbocycles. The van der Waals surface area contributed by atoms with Crippen molar-refractivity contribution >= 4 is 45.2 Å². The standard InChI is InChI=1S/C35H46N6O7/c1-20(42)31(44)30(32(47-6)35(2,3)4)41-48-19-29(43)39-28(16-22-18-38-26-14-10-8-12-24(22)26)34(46)40-27(33(45)36-5)15-21-17-37-25-13-9-7-11-23(21)25/h7-14,17-18,20,27-28,31-32,37-38,42,44H,15-16,19H2,1-6H3,(H,36,45)(H,39,43)(H,40,46)/b41-30+/t20-,27+,28+,31+,32-/m1/s1. The summed E-state index contributed by atoms with van der Waals surface area (Å²) in [6.45, 7) is 6.42. The molecule has 2 aromatic heterocycles. The number of H-pyrrole nitrogens is 2. The minimum atomic E-state index is -1.41. The van der Waals surface area contributed by atoms with Crippen LogP contribution in [0.15, 0.2) is 66.1 Å². The normalized spacial score (nSPS) is 15.4. The number of oxime groups is 1. The van der Waals surface area contributed by atoms with E-state index in [4.69, 9.17) is 9.57 Å². The molecule has 2 aromatic carbocycles. The quantitative estimate of drug-likeness (QED) is 0.0751. The lowest BCUT2D eigenvalue weighted by molar-refractivity contribution is -0.133. The molecule has 3 amide bonds. The molecule has 5 atom stereocenters. The van der Waals surface area contributed by atoms with Crippen LogP contribution in [0.25, 0.3) is 21.8 Å². The summed E-state index contributed by atoms with van der Waals surface area (Å²) >= 11 is 0. The van der Waals surface area contributed by atoms with E-state index in [2.05, 4.69) is 31.1 Å². The van der Waals surface area contributed by atoms with Crippen molar-refractivity contribution in [2.45, 2.75) is 70.9 Å². The van der Waals surface area contributed by atoms with Gasteiger partial charge in [-0.15, -0.1) is 0 Å². The summed E-state index contributed by atoms with van der Waals surface area (Å²) in [7, 11) is 2.95. The number of benzene rings is 2. The van der Waals surface area contributed by atoms with E-state index >= 15 is 0 Å². The Bertz CT molecular complexity index is 1740. The van der Waals surface area contributed by atoms with Crippen molar-refractivity contribution in [1.29, 1.82) is 0 Å². The number of fused-ring (bicyclic) bond motifs is 2. The second-order valence-corrected chi connectivity index (χ2v) is 12.9. The molecule has 2 heterocycles. The zero-order chi connectivity index (χ0) is 35.0. The van der Waals surface area contributed by atoms with Crippen LogP contribution in [0.2, 0.25) is 0 Å². The van der Waals surface area contributed by atoms with Gasteiger partial charge in [-0.3, -0.25) is 14.4 Å². The molecule has 0 fully saturated rings. The van der Waals surface area contributed by atoms with Crippen LogP contribution in [-0.2, 0) is 36.8 Å². The predicted octanol–water partition coefficient (Wildman–Crippen LogP) is 2.33. The van der Waals surface area contributed by atoms with E-state index in [-0.39, 0.29) is 24.5 Å². The van der Waals surface area contributed by atoms with Gasteiger partial charge in [0.25, 0.3) is 5.91 Å². The van der Waals surface area contributed by atoms with E-state index in [0.717, 1.165) is 32.9 Å². The van der Waals surface area contributed by atoms with Gasteiger partial charge in [0.1, 0.15) is 30.0 Å². The highest BCUT2D eigenvalue weighted by Gasteiger charge is 2.36. The maximum absolute atomic E-state index is 13.9. The SMILES string of the molecule is CNC(=O)[C@H](Cc1c[nH]c2ccccc12)NC(=O)[C@H](Cc1c[nH]c2ccccc12)NC(=O)CO/N=C(\[C@@H](O)[C@@H](C)O)[C@@H](OC)C(C)(C)C. The largest absolute Gasteiger partial charge is 0.390 e. The van der Waals surface area contributed by atoms with Gasteiger partial charge in [-0.05, 0) is 35.6 Å². The Morgan fingerprint density at radius 3 is 1.85 bits per heavy atom. The summed E-state index contributed by atoms with van der Waals surface area (Å²) in [6, 6.07) is 13.2. The Hall–Kier alpha value is -4.72. The summed E-state index contributed by atoms with van der Waals surface area (Å²) in [5.41, 5.74) is 2.91. The van der Waals surface area contributed by atoms with Gasteiger partial charge in [-0.25, -0.2) is 0 Å². The van der Waals surface area contributed by atoms with Gasteiger partial charge < -0.3 is 45.7 Å². The number of ether oxygens (including phenoxy) is 1. The average Bonchev–Trinajstić information content (AvgIpc) is 3.66. The molecule has 0 aliphatic rings. The number of carbonyl (C=O) groups is 3. The molecule has 258 valence electrons. The zero-order valence-corrected chi connectivity index (χ0v) is 28.2. The lowest BCUT2D eigenvalue weighted by Gasteiger charge is -2.32. The minimum absolute atomic E-state index is 0.0200. The number of aromatic amines is 2. The number of rotatable bonds is 15. The third-order valence-corrected chi connectivity index (χ3v) is 8.15. The van der Waals surface area contributed by atoms with Gasteiger partial charge >= 0.3 is 0 Å². The van der Waals surface area contributed by atoms with Crippen molar-refractivity contribution < 1.29 is 34.2 Å². The van der Waals surface area contributed by atoms with Crippen LogP contribution >= 0.6 is 0 Å². The molecule has 48 heavy (non-hydrogen) atoms. The monoisotopic (exact) mass is 662 g/mol. The fraction of sp³-hybridized carbons (Fsp3) is 0.429. The van der Waals surface area contributed by atoms with Crippen molar-refractivity contribution in [3.8, 4) is 0 Å². The van der Waals surface area contributed by atoms with Crippen molar-refractivity contribution in [3.05, 3.63) is 72.1 Å². The van der Waals surface area contributed by atoms with Crippen molar-refractivity contribution in [2.75, 3.05) is 20.8 Å². The average molecular weight is 663 g/mol. The number of amides is 3. The van der Waals surface area contributed by atoms with Crippen LogP contribution in [-0.4, -0.2) is 94.8 Å². The molecule has 13 nitrogen and oxygen atoms in total. The van der Waals surface area contributed by atoms with Crippen molar-refractivity contribution in [3.63, 3.8) is 0 Å². The highest BCUT2D eigenvalue weighted by atomic mass is 16.6. The van der Waals surface area contributed by atoms with Crippen LogP contribution in [0.1, 0.15) is 38.8 Å². The summed E-state index contributed by atoms with van der Waals surface area (Å²) in [5, 5.41) is 34.7. The Balaban J connectivity index is 1.56. The molecule has 4 rings (SSSR count). The van der Waals surface area contributed by atoms with E-state index in [1.807, 2.05) is 75.5 Å². The molecule has 0 saturated heterocycles. The molecule has 13 heteroatoms. The summed E-state index contributed by atoms with van der Waals surface area (Å²) in [6.07, 6.45) is 0.598. The number of likely N-dealkylation sites (N-methyl/N-ethyl adjacent to an activating group) is 1. The van der Waals surface area contributed by atoms with Crippen LogP contribution in [0.5, 0.6) is 0 Å². The lowest BCUT2D eigenvalue weighted by atomic mass is 9.83. The molecule has 0 aliphatic heterocycles. The molecule has 0 radical (unpaired) electrons. The smallest absolute Gasteiger partial charge is 0.261 e. The number of methoxy groups -OCH3 is 1. The summed E-state index contributed by atoms with van der Waals surface area (Å²) in [4.78, 5) is 51.8. The van der Waals surface area contributed by atoms with Crippen LogP contribution in [0, 0.1) is 5.41 Å². The number of hydrogen-bond acceptors (Lipinski definition) is 8. The van der Waals surface area contributed by atoms with E-state index in [9.17, 15) is 24.6 Å². The second kappa shape index (κ2) is 15.9. The molecule has 7 N–H and O–H groups in total. The van der Waals surface area contributed by atoms with Gasteiger partial charge in [0.05, 0.1) is 6.10 Å². The lowest BCUT2D eigenvalue weighted by Crippen LogP contribution is -2.55. The van der Waals surface area contributed by atoms with E-state index in [1.54, 1.807) is 6.20 Å². The number of aliphatic hydroxyl groups excluding tert-OH is 2. The van der Waals surface area contributed by atoms with Crippen molar-refractivity contribution in [1.82, 2.24) is 25.9 Å². The molecular weight excluding hydrogens is 616 g/mol. The number of para-hydroxylation sites is 2. The van der Waals surface area contributed by atoms with Crippen molar-refractivity contribution in [2.24, 2.45) is 10.6 Å². The van der Waals surface area contributed by atoms with Gasteiger partial charge in [0.2, 0.25) is 11.8 Å². The van der Waals surface area contributed by atoms with Gasteiger partial charge in [0.15, 0.2) is 6.61 Å². The predicted molar refractivity (Wildman–Crippen MR) is 183 cm³/mol. The number of hydrogen-bond donors (Lipinski definition) is 7. The van der Waals surface area contributed by atoms with Gasteiger partial charge in [-0.2, -0.15) is 0 Å². The number of nitrogens with zero attached hydrogens (tertiary/aromatic N) is 1. The van der Waals surface area contributed by atoms with Crippen LogP contribution in [0.4, 0.5) is 0 Å². The Kier molecular flexibility index (Phi) is 12.0. The first-order chi connectivity index (χ1) is 22.8. The van der Waals surface area contributed by atoms with E-state index < -0.39 is 54.2 Å². The minimum Gasteiger partial charge on any atom is -0.390 e. The van der Waals surface area contributed by atoms with Gasteiger partial charge in [-0.1, -0.05) is 62.3 Å². The Morgan fingerprint density at radius 1 is 0.854 bits per heavy atom. The molecule has 0 spiro atoms. The maximum Gasteiger partial charge on any atom is 0.261 e. The summed E-state index contributed by atoms with van der Waals surface area (Å²) in [5.74, 6) is -1.62. The first-order valence-electron chi connectivity index (χ1n) is 15.8. The Labute approximate surface area is 279 Å². The van der Waals surface area contributed by atoms with Crippen LogP contribution in [0.3, 0.4) is 0 Å². The first kappa shape index (κ1) is 36.1. The topological polar surface area (TPSA) is 190 Å². The number of aliphatic hydroxyl groups is 2. The highest BCUT2D eigenvalue weighted by Crippen LogP contribution is 2.25. The van der Waals surface area contributed by atoms with E-state index in [0.29, 0.717) is 0 Å². The third kappa shape index (κ3) is 8.79. The maximum atomic E-state index is 13.9. The first-order valence-corrected chi connectivity index (χ1v) is 15.8.